The maximum absolute atomic E-state index is 12.7. The molecule has 0 fully saturated rings. The third kappa shape index (κ3) is 2.28. The third-order valence-corrected chi connectivity index (χ3v) is 2.05. The lowest BCUT2D eigenvalue weighted by Crippen LogP contribution is -2.12. The largest absolute Gasteiger partial charge is 0.291 e. The van der Waals surface area contributed by atoms with Gasteiger partial charge in [0.05, 0.1) is 0 Å². The summed E-state index contributed by atoms with van der Waals surface area (Å²) in [5.74, 6) is -0.492. The average molecular weight is 201 g/mol. The molecule has 0 aliphatic heterocycles. The lowest BCUT2D eigenvalue weighted by molar-refractivity contribution is 0.0892. The zero-order valence-corrected chi connectivity index (χ0v) is 8.23. The molecule has 0 saturated carbocycles. The fourth-order valence-electron chi connectivity index (χ4n) is 1.12. The van der Waals surface area contributed by atoms with Crippen molar-refractivity contribution in [3.8, 4) is 0 Å². The molecule has 1 unspecified atom stereocenters. The number of rotatable bonds is 2. The van der Waals surface area contributed by atoms with Gasteiger partial charge in [-0.15, -0.1) is 0 Å². The second kappa shape index (κ2) is 3.88. The molecule has 0 radical (unpaired) electrons. The minimum atomic E-state index is -1.46. The summed E-state index contributed by atoms with van der Waals surface area (Å²) < 4.78 is 12.7. The average Bonchev–Trinajstić information content (AvgIpc) is 2.03. The molecule has 0 bridgehead atoms. The topological polar surface area (TPSA) is 17.1 Å². The van der Waals surface area contributed by atoms with Gasteiger partial charge in [-0.2, -0.15) is 0 Å². The van der Waals surface area contributed by atoms with Crippen molar-refractivity contribution in [1.29, 1.82) is 0 Å². The van der Waals surface area contributed by atoms with Crippen LogP contribution in [0.4, 0.5) is 4.39 Å². The number of aryl methyl sites for hydroxylation is 1. The van der Waals surface area contributed by atoms with E-state index in [0.717, 1.165) is 0 Å². The zero-order chi connectivity index (χ0) is 10.0. The van der Waals surface area contributed by atoms with Crippen LogP contribution in [0.2, 0.25) is 5.02 Å². The quantitative estimate of drug-likeness (QED) is 0.671. The molecule has 1 atom stereocenters. The molecule has 70 valence electrons. The van der Waals surface area contributed by atoms with Crippen LogP contribution in [-0.2, 0) is 0 Å². The molecular weight excluding hydrogens is 191 g/mol. The summed E-state index contributed by atoms with van der Waals surface area (Å²) in [6.45, 7) is 2.97. The molecule has 3 heteroatoms. The van der Waals surface area contributed by atoms with Crippen molar-refractivity contribution in [2.75, 3.05) is 0 Å². The lowest BCUT2D eigenvalue weighted by Gasteiger charge is -2.05. The fourth-order valence-corrected chi connectivity index (χ4v) is 1.34. The first-order valence-corrected chi connectivity index (χ1v) is 4.34. The SMILES string of the molecule is Cc1cc(Cl)ccc1C(=O)C(C)F. The molecule has 0 N–H and O–H groups in total. The minimum Gasteiger partial charge on any atom is -0.291 e. The monoisotopic (exact) mass is 200 g/mol. The first kappa shape index (κ1) is 10.2. The van der Waals surface area contributed by atoms with Gasteiger partial charge in [-0.3, -0.25) is 4.79 Å². The van der Waals surface area contributed by atoms with Crippen LogP contribution in [-0.4, -0.2) is 12.0 Å². The number of halogens is 2. The highest BCUT2D eigenvalue weighted by atomic mass is 35.5. The van der Waals surface area contributed by atoms with Gasteiger partial charge in [0.15, 0.2) is 12.0 Å². The van der Waals surface area contributed by atoms with Crippen LogP contribution < -0.4 is 0 Å². The first-order chi connectivity index (χ1) is 6.02. The number of alkyl halides is 1. The summed E-state index contributed by atoms with van der Waals surface area (Å²) >= 11 is 5.70. The Labute approximate surface area is 81.5 Å². The molecule has 13 heavy (non-hydrogen) atoms. The number of hydrogen-bond acceptors (Lipinski definition) is 1. The minimum absolute atomic E-state index is 0.402. The predicted molar refractivity (Wildman–Crippen MR) is 51.1 cm³/mol. The van der Waals surface area contributed by atoms with E-state index in [1.54, 1.807) is 25.1 Å². The second-order valence-corrected chi connectivity index (χ2v) is 3.38. The van der Waals surface area contributed by atoms with Gasteiger partial charge in [-0.1, -0.05) is 11.6 Å². The summed E-state index contributed by atoms with van der Waals surface area (Å²) in [5.41, 5.74) is 1.11. The number of carbonyl (C=O) groups is 1. The van der Waals surface area contributed by atoms with Crippen molar-refractivity contribution in [3.05, 3.63) is 34.3 Å². The van der Waals surface area contributed by atoms with Crippen LogP contribution in [0.25, 0.3) is 0 Å². The Morgan fingerprint density at radius 3 is 2.62 bits per heavy atom. The van der Waals surface area contributed by atoms with Crippen molar-refractivity contribution in [1.82, 2.24) is 0 Å². The van der Waals surface area contributed by atoms with Gasteiger partial charge in [0.1, 0.15) is 0 Å². The molecule has 0 aromatic heterocycles. The number of carbonyl (C=O) groups excluding carboxylic acids is 1. The van der Waals surface area contributed by atoms with E-state index in [1.807, 2.05) is 0 Å². The fraction of sp³-hybridized carbons (Fsp3) is 0.300. The number of hydrogen-bond donors (Lipinski definition) is 0. The third-order valence-electron chi connectivity index (χ3n) is 1.82. The maximum atomic E-state index is 12.7. The molecule has 0 aliphatic rings. The van der Waals surface area contributed by atoms with E-state index in [0.29, 0.717) is 16.1 Å². The summed E-state index contributed by atoms with van der Waals surface area (Å²) in [5, 5.41) is 0.556. The summed E-state index contributed by atoms with van der Waals surface area (Å²) in [7, 11) is 0. The Morgan fingerprint density at radius 1 is 1.54 bits per heavy atom. The molecule has 1 nitrogen and oxygen atoms in total. The van der Waals surface area contributed by atoms with Crippen LogP contribution in [0.1, 0.15) is 22.8 Å². The number of Topliss-reactive ketones (excluding diaryl/α,β-unsaturated/α-hetero) is 1. The first-order valence-electron chi connectivity index (χ1n) is 3.97. The normalized spacial score (nSPS) is 12.6. The van der Waals surface area contributed by atoms with Gasteiger partial charge in [0.25, 0.3) is 0 Å². The molecule has 0 aliphatic carbocycles. The van der Waals surface area contributed by atoms with E-state index in [1.165, 1.54) is 6.92 Å². The Morgan fingerprint density at radius 2 is 2.15 bits per heavy atom. The second-order valence-electron chi connectivity index (χ2n) is 2.94. The summed E-state index contributed by atoms with van der Waals surface area (Å²) in [6, 6.07) is 4.79. The van der Waals surface area contributed by atoms with Gasteiger partial charge in [0.2, 0.25) is 0 Å². The van der Waals surface area contributed by atoms with Crippen LogP contribution >= 0.6 is 11.6 Å². The smallest absolute Gasteiger partial charge is 0.196 e. The number of ketones is 1. The Kier molecular flexibility index (Phi) is 3.04. The van der Waals surface area contributed by atoms with E-state index in [2.05, 4.69) is 0 Å². The van der Waals surface area contributed by atoms with Gasteiger partial charge in [0, 0.05) is 10.6 Å². The highest BCUT2D eigenvalue weighted by Crippen LogP contribution is 2.17. The lowest BCUT2D eigenvalue weighted by atomic mass is 10.0. The highest BCUT2D eigenvalue weighted by Gasteiger charge is 2.15. The Bertz CT molecular complexity index is 334. The van der Waals surface area contributed by atoms with Crippen LogP contribution in [0.15, 0.2) is 18.2 Å². The zero-order valence-electron chi connectivity index (χ0n) is 7.47. The van der Waals surface area contributed by atoms with E-state index < -0.39 is 12.0 Å². The van der Waals surface area contributed by atoms with Crippen molar-refractivity contribution < 1.29 is 9.18 Å². The van der Waals surface area contributed by atoms with E-state index in [9.17, 15) is 9.18 Å². The number of benzene rings is 1. The Hall–Kier alpha value is -0.890. The van der Waals surface area contributed by atoms with Crippen LogP contribution in [0.5, 0.6) is 0 Å². The molecule has 1 aromatic carbocycles. The van der Waals surface area contributed by atoms with Crippen molar-refractivity contribution in [2.24, 2.45) is 0 Å². The van der Waals surface area contributed by atoms with Gasteiger partial charge >= 0.3 is 0 Å². The predicted octanol–water partition coefficient (Wildman–Crippen LogP) is 3.19. The molecule has 0 spiro atoms. The van der Waals surface area contributed by atoms with E-state index in [4.69, 9.17) is 11.6 Å². The van der Waals surface area contributed by atoms with Gasteiger partial charge in [-0.05, 0) is 37.6 Å². The molecule has 0 heterocycles. The summed E-state index contributed by atoms with van der Waals surface area (Å²) in [4.78, 5) is 11.3. The Balaban J connectivity index is 3.09. The van der Waals surface area contributed by atoms with E-state index >= 15 is 0 Å². The highest BCUT2D eigenvalue weighted by molar-refractivity contribution is 6.30. The molecule has 1 rings (SSSR count). The van der Waals surface area contributed by atoms with E-state index in [-0.39, 0.29) is 0 Å². The van der Waals surface area contributed by atoms with Crippen LogP contribution in [0.3, 0.4) is 0 Å². The summed E-state index contributed by atoms with van der Waals surface area (Å²) in [6.07, 6.45) is -1.46. The molecule has 1 aromatic rings. The van der Waals surface area contributed by atoms with Gasteiger partial charge in [-0.25, -0.2) is 4.39 Å². The van der Waals surface area contributed by atoms with Crippen LogP contribution in [0, 0.1) is 6.92 Å². The van der Waals surface area contributed by atoms with Crippen molar-refractivity contribution in [2.45, 2.75) is 20.0 Å². The van der Waals surface area contributed by atoms with Crippen molar-refractivity contribution in [3.63, 3.8) is 0 Å². The van der Waals surface area contributed by atoms with Crippen molar-refractivity contribution >= 4 is 17.4 Å². The molecule has 0 saturated heterocycles. The standard InChI is InChI=1S/C10H10ClFO/c1-6-5-8(11)3-4-9(6)10(13)7(2)12/h3-5,7H,1-2H3. The molecule has 0 amide bonds. The molecular formula is C10H10ClFO. The van der Waals surface area contributed by atoms with Gasteiger partial charge < -0.3 is 0 Å². The maximum Gasteiger partial charge on any atom is 0.196 e.